The lowest BCUT2D eigenvalue weighted by Crippen LogP contribution is -2.48. The van der Waals surface area contributed by atoms with Crippen molar-refractivity contribution in [1.29, 1.82) is 0 Å². The summed E-state index contributed by atoms with van der Waals surface area (Å²) in [5.74, 6) is 3.39. The van der Waals surface area contributed by atoms with Crippen molar-refractivity contribution >= 4 is 0 Å². The molecule has 0 amide bonds. The van der Waals surface area contributed by atoms with Crippen LogP contribution in [0.4, 0.5) is 0 Å². The summed E-state index contributed by atoms with van der Waals surface area (Å²) in [4.78, 5) is 0. The summed E-state index contributed by atoms with van der Waals surface area (Å²) in [6, 6.07) is 0.717. The third-order valence-corrected chi connectivity index (χ3v) is 5.46. The van der Waals surface area contributed by atoms with Gasteiger partial charge >= 0.3 is 0 Å². The minimum absolute atomic E-state index is 0.717. The van der Waals surface area contributed by atoms with E-state index in [1.165, 1.54) is 38.5 Å². The maximum atomic E-state index is 5.62. The molecular formula is C16H31NO. The second kappa shape index (κ2) is 6.91. The van der Waals surface area contributed by atoms with Gasteiger partial charge in [0, 0.05) is 19.3 Å². The molecule has 5 unspecified atom stereocenters. The molecule has 106 valence electrons. The maximum absolute atomic E-state index is 5.62. The van der Waals surface area contributed by atoms with Crippen LogP contribution in [0.5, 0.6) is 0 Å². The third-order valence-electron chi connectivity index (χ3n) is 5.46. The standard InChI is InChI=1S/C16H31NO/c1-4-13-7-5-6-8-15(13)16(17-3)14-9-10-18-11-12(14)2/h12-17H,4-11H2,1-3H3. The fourth-order valence-electron chi connectivity index (χ4n) is 4.39. The summed E-state index contributed by atoms with van der Waals surface area (Å²) in [5, 5.41) is 3.68. The summed E-state index contributed by atoms with van der Waals surface area (Å²) in [6.07, 6.45) is 8.40. The lowest BCUT2D eigenvalue weighted by Gasteiger charge is -2.44. The van der Waals surface area contributed by atoms with Crippen LogP contribution in [0.15, 0.2) is 0 Å². The molecule has 2 aliphatic rings. The molecule has 2 heteroatoms. The number of hydrogen-bond acceptors (Lipinski definition) is 2. The molecule has 1 saturated heterocycles. The number of hydrogen-bond donors (Lipinski definition) is 1. The highest BCUT2D eigenvalue weighted by Crippen LogP contribution is 2.39. The zero-order valence-electron chi connectivity index (χ0n) is 12.5. The Labute approximate surface area is 113 Å². The number of nitrogens with one attached hydrogen (secondary N) is 1. The second-order valence-corrected chi connectivity index (χ2v) is 6.44. The van der Waals surface area contributed by atoms with Crippen molar-refractivity contribution in [2.24, 2.45) is 23.7 Å². The summed E-state index contributed by atoms with van der Waals surface area (Å²) in [5.41, 5.74) is 0. The molecule has 1 saturated carbocycles. The summed E-state index contributed by atoms with van der Waals surface area (Å²) in [6.45, 7) is 6.68. The lowest BCUT2D eigenvalue weighted by atomic mass is 9.68. The molecule has 0 radical (unpaired) electrons. The molecule has 2 rings (SSSR count). The van der Waals surface area contributed by atoms with E-state index < -0.39 is 0 Å². The topological polar surface area (TPSA) is 21.3 Å². The van der Waals surface area contributed by atoms with Crippen molar-refractivity contribution in [3.63, 3.8) is 0 Å². The van der Waals surface area contributed by atoms with Crippen LogP contribution >= 0.6 is 0 Å². The van der Waals surface area contributed by atoms with Crippen LogP contribution in [0, 0.1) is 23.7 Å². The van der Waals surface area contributed by atoms with Gasteiger partial charge in [-0.1, -0.05) is 39.5 Å². The minimum atomic E-state index is 0.717. The van der Waals surface area contributed by atoms with Crippen molar-refractivity contribution < 1.29 is 4.74 Å². The SMILES string of the molecule is CCC1CCCCC1C(NC)C1CCOCC1C. The van der Waals surface area contributed by atoms with Gasteiger partial charge in [0.05, 0.1) is 0 Å². The van der Waals surface area contributed by atoms with E-state index in [9.17, 15) is 0 Å². The van der Waals surface area contributed by atoms with Gasteiger partial charge in [0.15, 0.2) is 0 Å². The molecule has 2 fully saturated rings. The van der Waals surface area contributed by atoms with Crippen molar-refractivity contribution in [2.45, 2.75) is 58.4 Å². The maximum Gasteiger partial charge on any atom is 0.0494 e. The Bertz CT molecular complexity index is 243. The van der Waals surface area contributed by atoms with Crippen LogP contribution in [-0.4, -0.2) is 26.3 Å². The Hall–Kier alpha value is -0.0800. The van der Waals surface area contributed by atoms with Crippen LogP contribution in [0.2, 0.25) is 0 Å². The first-order valence-corrected chi connectivity index (χ1v) is 8.03. The van der Waals surface area contributed by atoms with Crippen molar-refractivity contribution in [3.8, 4) is 0 Å². The molecule has 0 spiro atoms. The second-order valence-electron chi connectivity index (χ2n) is 6.44. The van der Waals surface area contributed by atoms with Gasteiger partial charge in [0.1, 0.15) is 0 Å². The van der Waals surface area contributed by atoms with Gasteiger partial charge < -0.3 is 10.1 Å². The van der Waals surface area contributed by atoms with E-state index in [1.54, 1.807) is 0 Å². The van der Waals surface area contributed by atoms with Gasteiger partial charge in [-0.2, -0.15) is 0 Å². The zero-order valence-corrected chi connectivity index (χ0v) is 12.5. The quantitative estimate of drug-likeness (QED) is 0.828. The molecular weight excluding hydrogens is 222 g/mol. The molecule has 1 heterocycles. The summed E-state index contributed by atoms with van der Waals surface area (Å²) < 4.78 is 5.62. The average Bonchev–Trinajstić information content (AvgIpc) is 2.42. The average molecular weight is 253 g/mol. The highest BCUT2D eigenvalue weighted by Gasteiger charge is 2.37. The van der Waals surface area contributed by atoms with Crippen LogP contribution in [0.3, 0.4) is 0 Å². The predicted octanol–water partition coefficient (Wildman–Crippen LogP) is 3.46. The zero-order chi connectivity index (χ0) is 13.0. The molecule has 2 nitrogen and oxygen atoms in total. The molecule has 5 atom stereocenters. The highest BCUT2D eigenvalue weighted by molar-refractivity contribution is 4.91. The van der Waals surface area contributed by atoms with E-state index in [0.29, 0.717) is 6.04 Å². The first-order valence-electron chi connectivity index (χ1n) is 8.03. The van der Waals surface area contributed by atoms with Gasteiger partial charge in [-0.3, -0.25) is 0 Å². The monoisotopic (exact) mass is 253 g/mol. The minimum Gasteiger partial charge on any atom is -0.381 e. The Morgan fingerprint density at radius 3 is 2.61 bits per heavy atom. The number of ether oxygens (including phenoxy) is 1. The van der Waals surface area contributed by atoms with E-state index in [0.717, 1.165) is 36.9 Å². The van der Waals surface area contributed by atoms with Gasteiger partial charge in [0.25, 0.3) is 0 Å². The van der Waals surface area contributed by atoms with E-state index in [4.69, 9.17) is 4.74 Å². The summed E-state index contributed by atoms with van der Waals surface area (Å²) in [7, 11) is 2.17. The van der Waals surface area contributed by atoms with Crippen LogP contribution in [0.25, 0.3) is 0 Å². The normalized spacial score (nSPS) is 39.5. The first-order chi connectivity index (χ1) is 8.77. The van der Waals surface area contributed by atoms with Gasteiger partial charge in [-0.25, -0.2) is 0 Å². The van der Waals surface area contributed by atoms with Crippen molar-refractivity contribution in [3.05, 3.63) is 0 Å². The molecule has 0 aromatic rings. The van der Waals surface area contributed by atoms with Crippen LogP contribution in [0.1, 0.15) is 52.4 Å². The van der Waals surface area contributed by atoms with Gasteiger partial charge in [0.2, 0.25) is 0 Å². The number of rotatable bonds is 4. The Kier molecular flexibility index (Phi) is 5.50. The van der Waals surface area contributed by atoms with E-state index in [-0.39, 0.29) is 0 Å². The smallest absolute Gasteiger partial charge is 0.0494 e. The van der Waals surface area contributed by atoms with E-state index in [1.807, 2.05) is 0 Å². The van der Waals surface area contributed by atoms with E-state index >= 15 is 0 Å². The largest absolute Gasteiger partial charge is 0.381 e. The van der Waals surface area contributed by atoms with Crippen molar-refractivity contribution in [1.82, 2.24) is 5.32 Å². The van der Waals surface area contributed by atoms with Crippen LogP contribution in [-0.2, 0) is 4.74 Å². The van der Waals surface area contributed by atoms with Crippen molar-refractivity contribution in [2.75, 3.05) is 20.3 Å². The first kappa shape index (κ1) is 14.3. The predicted molar refractivity (Wildman–Crippen MR) is 76.7 cm³/mol. The molecule has 0 aromatic heterocycles. The third kappa shape index (κ3) is 3.08. The lowest BCUT2D eigenvalue weighted by molar-refractivity contribution is -0.00670. The Morgan fingerprint density at radius 2 is 1.94 bits per heavy atom. The molecule has 1 aliphatic carbocycles. The summed E-state index contributed by atoms with van der Waals surface area (Å²) >= 11 is 0. The molecule has 0 aromatic carbocycles. The van der Waals surface area contributed by atoms with Crippen LogP contribution < -0.4 is 5.32 Å². The molecule has 1 aliphatic heterocycles. The van der Waals surface area contributed by atoms with E-state index in [2.05, 4.69) is 26.2 Å². The fraction of sp³-hybridized carbons (Fsp3) is 1.00. The Balaban J connectivity index is 2.05. The van der Waals surface area contributed by atoms with Gasteiger partial charge in [-0.05, 0) is 43.6 Å². The molecule has 18 heavy (non-hydrogen) atoms. The molecule has 0 bridgehead atoms. The van der Waals surface area contributed by atoms with Gasteiger partial charge in [-0.15, -0.1) is 0 Å². The fourth-order valence-corrected chi connectivity index (χ4v) is 4.39. The molecule has 1 N–H and O–H groups in total. The Morgan fingerprint density at radius 1 is 1.17 bits per heavy atom. The highest BCUT2D eigenvalue weighted by atomic mass is 16.5.